The standard InChI is InChI=1S/C29H32BrCl2N3O4S/c1-4-20(2)33-29(37)27(16-21-10-6-5-7-11-21)34(18-22-14-15-23(31)17-25(22)32)28(36)19-35(40(3,38)39)26-13-9-8-12-24(26)30/h5-15,17,20,27H,4,16,18-19H2,1-3H3,(H,33,37). The van der Waals surface area contributed by atoms with Gasteiger partial charge < -0.3 is 10.2 Å². The maximum Gasteiger partial charge on any atom is 0.244 e. The summed E-state index contributed by atoms with van der Waals surface area (Å²) in [5.74, 6) is -0.907. The molecule has 7 nitrogen and oxygen atoms in total. The number of carbonyl (C=O) groups excluding carboxylic acids is 2. The van der Waals surface area contributed by atoms with Crippen molar-refractivity contribution >= 4 is 66.7 Å². The molecule has 3 aromatic carbocycles. The number of nitrogens with zero attached hydrogens (tertiary/aromatic N) is 2. The number of sulfonamides is 1. The van der Waals surface area contributed by atoms with Gasteiger partial charge in [0.2, 0.25) is 21.8 Å². The zero-order valence-electron chi connectivity index (χ0n) is 22.5. The van der Waals surface area contributed by atoms with Gasteiger partial charge in [0.25, 0.3) is 0 Å². The Morgan fingerprint density at radius 2 is 1.65 bits per heavy atom. The summed E-state index contributed by atoms with van der Waals surface area (Å²) in [7, 11) is -3.87. The highest BCUT2D eigenvalue weighted by atomic mass is 79.9. The lowest BCUT2D eigenvalue weighted by molar-refractivity contribution is -0.140. The lowest BCUT2D eigenvalue weighted by Crippen LogP contribution is -2.54. The molecule has 0 aromatic heterocycles. The number of rotatable bonds is 12. The Morgan fingerprint density at radius 1 is 1.00 bits per heavy atom. The number of hydrogen-bond acceptors (Lipinski definition) is 4. The van der Waals surface area contributed by atoms with E-state index in [0.717, 1.165) is 16.1 Å². The van der Waals surface area contributed by atoms with Gasteiger partial charge in [-0.1, -0.05) is 78.7 Å². The van der Waals surface area contributed by atoms with Crippen LogP contribution in [-0.4, -0.2) is 50.0 Å². The summed E-state index contributed by atoms with van der Waals surface area (Å²) in [4.78, 5) is 29.2. The van der Waals surface area contributed by atoms with E-state index in [9.17, 15) is 18.0 Å². The van der Waals surface area contributed by atoms with Gasteiger partial charge in [-0.15, -0.1) is 0 Å². The number of halogens is 3. The largest absolute Gasteiger partial charge is 0.352 e. The molecule has 1 N–H and O–H groups in total. The monoisotopic (exact) mass is 667 g/mol. The van der Waals surface area contributed by atoms with E-state index in [1.807, 2.05) is 44.2 Å². The van der Waals surface area contributed by atoms with Crippen LogP contribution in [0, 0.1) is 0 Å². The Balaban J connectivity index is 2.10. The smallest absolute Gasteiger partial charge is 0.244 e. The summed E-state index contributed by atoms with van der Waals surface area (Å²) in [6.45, 7) is 3.29. The highest BCUT2D eigenvalue weighted by Gasteiger charge is 2.34. The lowest BCUT2D eigenvalue weighted by atomic mass is 10.0. The van der Waals surface area contributed by atoms with E-state index in [2.05, 4.69) is 21.2 Å². The first-order chi connectivity index (χ1) is 18.9. The highest BCUT2D eigenvalue weighted by Crippen LogP contribution is 2.29. The molecule has 0 aliphatic carbocycles. The van der Waals surface area contributed by atoms with Crippen LogP contribution in [0.15, 0.2) is 77.3 Å². The van der Waals surface area contributed by atoms with Crippen LogP contribution in [-0.2, 0) is 32.6 Å². The zero-order valence-corrected chi connectivity index (χ0v) is 26.4. The van der Waals surface area contributed by atoms with Crippen LogP contribution >= 0.6 is 39.1 Å². The summed E-state index contributed by atoms with van der Waals surface area (Å²) in [6, 6.07) is 19.9. The Bertz CT molecular complexity index is 1440. The SMILES string of the molecule is CCC(C)NC(=O)C(Cc1ccccc1)N(Cc1ccc(Cl)cc1Cl)C(=O)CN(c1ccccc1Br)S(C)(=O)=O. The fraction of sp³-hybridized carbons (Fsp3) is 0.310. The summed E-state index contributed by atoms with van der Waals surface area (Å²) in [6.07, 6.45) is 1.95. The second-order valence-electron chi connectivity index (χ2n) is 9.50. The first kappa shape index (κ1) is 31.9. The quantitative estimate of drug-likeness (QED) is 0.254. The van der Waals surface area contributed by atoms with Gasteiger partial charge in [0, 0.05) is 33.5 Å². The molecule has 0 radical (unpaired) electrons. The molecule has 0 fully saturated rings. The van der Waals surface area contributed by atoms with E-state index in [1.165, 1.54) is 4.90 Å². The van der Waals surface area contributed by atoms with Crippen LogP contribution in [0.3, 0.4) is 0 Å². The molecular formula is C29H32BrCl2N3O4S. The molecule has 214 valence electrons. The lowest BCUT2D eigenvalue weighted by Gasteiger charge is -2.34. The van der Waals surface area contributed by atoms with E-state index >= 15 is 0 Å². The van der Waals surface area contributed by atoms with Gasteiger partial charge in [0.1, 0.15) is 12.6 Å². The normalized spacial score (nSPS) is 12.8. The van der Waals surface area contributed by atoms with Crippen LogP contribution in [0.2, 0.25) is 10.0 Å². The van der Waals surface area contributed by atoms with Crippen molar-refractivity contribution in [2.24, 2.45) is 0 Å². The van der Waals surface area contributed by atoms with Crippen molar-refractivity contribution in [2.45, 2.75) is 45.3 Å². The summed E-state index contributed by atoms with van der Waals surface area (Å²) in [5.41, 5.74) is 1.73. The van der Waals surface area contributed by atoms with Crippen molar-refractivity contribution in [3.63, 3.8) is 0 Å². The Morgan fingerprint density at radius 3 is 2.25 bits per heavy atom. The molecule has 3 rings (SSSR count). The third kappa shape index (κ3) is 8.70. The molecule has 0 spiro atoms. The van der Waals surface area contributed by atoms with Crippen LogP contribution in [0.25, 0.3) is 0 Å². The molecule has 3 aromatic rings. The number of carbonyl (C=O) groups is 2. The van der Waals surface area contributed by atoms with Crippen LogP contribution in [0.5, 0.6) is 0 Å². The minimum atomic E-state index is -3.87. The fourth-order valence-corrected chi connectivity index (χ4v) is 6.02. The predicted octanol–water partition coefficient (Wildman–Crippen LogP) is 6.08. The van der Waals surface area contributed by atoms with Crippen molar-refractivity contribution in [1.82, 2.24) is 10.2 Å². The summed E-state index contributed by atoms with van der Waals surface area (Å²) >= 11 is 16.0. The number of hydrogen-bond donors (Lipinski definition) is 1. The Kier molecular flexibility index (Phi) is 11.5. The van der Waals surface area contributed by atoms with Gasteiger partial charge in [-0.25, -0.2) is 8.42 Å². The van der Waals surface area contributed by atoms with E-state index in [1.54, 1.807) is 42.5 Å². The topological polar surface area (TPSA) is 86.8 Å². The Hall–Kier alpha value is -2.59. The summed E-state index contributed by atoms with van der Waals surface area (Å²) < 4.78 is 27.3. The van der Waals surface area contributed by atoms with Gasteiger partial charge in [0.05, 0.1) is 11.9 Å². The molecule has 0 bridgehead atoms. The van der Waals surface area contributed by atoms with Gasteiger partial charge in [0.15, 0.2) is 0 Å². The van der Waals surface area contributed by atoms with Crippen molar-refractivity contribution < 1.29 is 18.0 Å². The summed E-state index contributed by atoms with van der Waals surface area (Å²) in [5, 5.41) is 3.75. The number of anilines is 1. The molecule has 2 unspecified atom stereocenters. The van der Waals surface area contributed by atoms with Crippen molar-refractivity contribution in [2.75, 3.05) is 17.1 Å². The van der Waals surface area contributed by atoms with Gasteiger partial charge in [-0.05, 0) is 64.7 Å². The predicted molar refractivity (Wildman–Crippen MR) is 165 cm³/mol. The van der Waals surface area contributed by atoms with Crippen molar-refractivity contribution in [3.8, 4) is 0 Å². The first-order valence-electron chi connectivity index (χ1n) is 12.7. The minimum absolute atomic E-state index is 0.0339. The van der Waals surface area contributed by atoms with Crippen LogP contribution < -0.4 is 9.62 Å². The number of para-hydroxylation sites is 1. The number of amides is 2. The zero-order chi connectivity index (χ0) is 29.4. The van der Waals surface area contributed by atoms with Gasteiger partial charge >= 0.3 is 0 Å². The van der Waals surface area contributed by atoms with Crippen molar-refractivity contribution in [1.29, 1.82) is 0 Å². The molecular weight excluding hydrogens is 637 g/mol. The molecule has 0 aliphatic rings. The van der Waals surface area contributed by atoms with Crippen LogP contribution in [0.4, 0.5) is 5.69 Å². The van der Waals surface area contributed by atoms with Gasteiger partial charge in [-0.2, -0.15) is 0 Å². The maximum atomic E-state index is 14.1. The number of nitrogens with one attached hydrogen (secondary N) is 1. The van der Waals surface area contributed by atoms with E-state index in [0.29, 0.717) is 32.2 Å². The highest BCUT2D eigenvalue weighted by molar-refractivity contribution is 9.10. The molecule has 0 saturated carbocycles. The molecule has 2 amide bonds. The van der Waals surface area contributed by atoms with E-state index in [4.69, 9.17) is 23.2 Å². The molecule has 11 heteroatoms. The van der Waals surface area contributed by atoms with E-state index in [-0.39, 0.29) is 24.9 Å². The second-order valence-corrected chi connectivity index (χ2v) is 13.1. The average Bonchev–Trinajstić information content (AvgIpc) is 2.90. The molecule has 0 aliphatic heterocycles. The molecule has 0 heterocycles. The first-order valence-corrected chi connectivity index (χ1v) is 16.1. The Labute approximate surface area is 254 Å². The number of benzene rings is 3. The van der Waals surface area contributed by atoms with E-state index < -0.39 is 28.5 Å². The molecule has 0 saturated heterocycles. The maximum absolute atomic E-state index is 14.1. The van der Waals surface area contributed by atoms with Gasteiger partial charge in [-0.3, -0.25) is 13.9 Å². The molecule has 40 heavy (non-hydrogen) atoms. The average molecular weight is 669 g/mol. The molecule has 2 atom stereocenters. The third-order valence-corrected chi connectivity index (χ3v) is 8.81. The second kappa shape index (κ2) is 14.3. The van der Waals surface area contributed by atoms with Crippen LogP contribution in [0.1, 0.15) is 31.4 Å². The minimum Gasteiger partial charge on any atom is -0.352 e. The third-order valence-electron chi connectivity index (χ3n) is 6.43. The van der Waals surface area contributed by atoms with Crippen molar-refractivity contribution in [3.05, 3.63) is 98.4 Å². The fourth-order valence-electron chi connectivity index (χ4n) is 4.08.